The molecule has 0 unspecified atom stereocenters. The number of aromatic carboxylic acids is 1. The molecule has 9 nitrogen and oxygen atoms in total. The van der Waals surface area contributed by atoms with Crippen LogP contribution in [0.5, 0.6) is 0 Å². The highest BCUT2D eigenvalue weighted by molar-refractivity contribution is 5.96. The second kappa shape index (κ2) is 11.8. The molecule has 2 aromatic carbocycles. The van der Waals surface area contributed by atoms with Crippen LogP contribution in [0.3, 0.4) is 0 Å². The van der Waals surface area contributed by atoms with Gasteiger partial charge in [0.15, 0.2) is 0 Å². The van der Waals surface area contributed by atoms with Gasteiger partial charge in [-0.05, 0) is 29.8 Å². The van der Waals surface area contributed by atoms with E-state index in [1.165, 1.54) is 30.3 Å². The van der Waals surface area contributed by atoms with E-state index in [1.807, 2.05) is 6.07 Å². The number of ether oxygens (including phenoxy) is 2. The molecule has 0 aliphatic heterocycles. The van der Waals surface area contributed by atoms with Crippen LogP contribution in [0.2, 0.25) is 0 Å². The maximum atomic E-state index is 12.3. The second-order valence-corrected chi connectivity index (χ2v) is 6.27. The summed E-state index contributed by atoms with van der Waals surface area (Å²) in [5, 5.41) is 13.8. The van der Waals surface area contributed by atoms with E-state index in [9.17, 15) is 19.2 Å². The predicted molar refractivity (Wildman–Crippen MR) is 110 cm³/mol. The predicted octanol–water partition coefficient (Wildman–Crippen LogP) is 2.14. The van der Waals surface area contributed by atoms with Gasteiger partial charge in [0.25, 0.3) is 5.91 Å². The van der Waals surface area contributed by atoms with E-state index in [0.717, 1.165) is 5.56 Å². The smallest absolute Gasteiger partial charge is 0.408 e. The van der Waals surface area contributed by atoms with Crippen LogP contribution in [0.1, 0.15) is 26.3 Å². The number of carbonyl (C=O) groups excluding carboxylic acids is 3. The summed E-state index contributed by atoms with van der Waals surface area (Å²) < 4.78 is 10.0. The molecule has 0 fully saturated rings. The largest absolute Gasteiger partial charge is 0.478 e. The molecule has 0 aromatic heterocycles. The van der Waals surface area contributed by atoms with Gasteiger partial charge in [0.2, 0.25) is 0 Å². The number of carboxylic acid groups (broad SMARTS) is 1. The number of amides is 2. The lowest BCUT2D eigenvalue weighted by Gasteiger charge is -2.18. The van der Waals surface area contributed by atoms with E-state index in [1.54, 1.807) is 24.3 Å². The molecule has 0 heterocycles. The van der Waals surface area contributed by atoms with Crippen LogP contribution >= 0.6 is 0 Å². The van der Waals surface area contributed by atoms with Crippen LogP contribution < -0.4 is 10.6 Å². The Hall–Kier alpha value is -4.14. The normalized spacial score (nSPS) is 11.0. The maximum Gasteiger partial charge on any atom is 0.408 e. The van der Waals surface area contributed by atoms with Crippen molar-refractivity contribution in [3.05, 3.63) is 83.9 Å². The average Bonchev–Trinajstić information content (AvgIpc) is 2.79. The molecule has 3 N–H and O–H groups in total. The van der Waals surface area contributed by atoms with Crippen molar-refractivity contribution in [1.29, 1.82) is 0 Å². The molecule has 0 saturated carbocycles. The Bertz CT molecular complexity index is 927. The molecule has 0 spiro atoms. The lowest BCUT2D eigenvalue weighted by atomic mass is 10.1. The first-order valence-electron chi connectivity index (χ1n) is 9.27. The highest BCUT2D eigenvalue weighted by Gasteiger charge is 2.24. The van der Waals surface area contributed by atoms with Crippen molar-refractivity contribution in [2.75, 3.05) is 13.2 Å². The quantitative estimate of drug-likeness (QED) is 0.392. The van der Waals surface area contributed by atoms with Crippen molar-refractivity contribution in [2.24, 2.45) is 0 Å². The minimum absolute atomic E-state index is 0.00336. The monoisotopic (exact) mass is 426 g/mol. The lowest BCUT2D eigenvalue weighted by molar-refractivity contribution is -0.144. The van der Waals surface area contributed by atoms with E-state index in [4.69, 9.17) is 14.6 Å². The zero-order valence-corrected chi connectivity index (χ0v) is 16.6. The van der Waals surface area contributed by atoms with Crippen LogP contribution in [0, 0.1) is 0 Å². The van der Waals surface area contributed by atoms with Gasteiger partial charge in [-0.3, -0.25) is 4.79 Å². The third-order valence-corrected chi connectivity index (χ3v) is 3.99. The minimum atomic E-state index is -1.20. The molecule has 2 aromatic rings. The third kappa shape index (κ3) is 7.65. The molecule has 9 heteroatoms. The van der Waals surface area contributed by atoms with Crippen molar-refractivity contribution in [1.82, 2.24) is 10.6 Å². The van der Waals surface area contributed by atoms with Gasteiger partial charge in [-0.25, -0.2) is 14.4 Å². The van der Waals surface area contributed by atoms with Gasteiger partial charge < -0.3 is 25.2 Å². The molecule has 162 valence electrons. The van der Waals surface area contributed by atoms with Gasteiger partial charge in [0.1, 0.15) is 19.3 Å². The number of hydrogen-bond donors (Lipinski definition) is 3. The van der Waals surface area contributed by atoms with Crippen molar-refractivity contribution in [3.63, 3.8) is 0 Å². The summed E-state index contributed by atoms with van der Waals surface area (Å²) in [6, 6.07) is 13.0. The molecule has 0 aliphatic carbocycles. The first kappa shape index (κ1) is 23.1. The number of carboxylic acids is 1. The SMILES string of the molecule is C=CCOC(=O)[C@H](CNC(=O)c1ccc(C(=O)O)cc1)NC(=O)OCc1ccccc1. The van der Waals surface area contributed by atoms with Crippen molar-refractivity contribution in [2.45, 2.75) is 12.6 Å². The van der Waals surface area contributed by atoms with Crippen LogP contribution in [-0.2, 0) is 20.9 Å². The zero-order chi connectivity index (χ0) is 22.6. The Morgan fingerprint density at radius 1 is 0.968 bits per heavy atom. The highest BCUT2D eigenvalue weighted by atomic mass is 16.6. The summed E-state index contributed by atoms with van der Waals surface area (Å²) in [6.07, 6.45) is 0.509. The van der Waals surface area contributed by atoms with E-state index < -0.39 is 30.0 Å². The Labute approximate surface area is 178 Å². The van der Waals surface area contributed by atoms with Gasteiger partial charge in [-0.15, -0.1) is 0 Å². The first-order chi connectivity index (χ1) is 14.9. The summed E-state index contributed by atoms with van der Waals surface area (Å²) in [5.41, 5.74) is 0.988. The summed E-state index contributed by atoms with van der Waals surface area (Å²) in [6.45, 7) is 3.12. The van der Waals surface area contributed by atoms with Gasteiger partial charge in [0, 0.05) is 12.1 Å². The summed E-state index contributed by atoms with van der Waals surface area (Å²) >= 11 is 0. The Balaban J connectivity index is 1.95. The molecule has 0 radical (unpaired) electrons. The number of carbonyl (C=O) groups is 4. The fourth-order valence-electron chi connectivity index (χ4n) is 2.40. The van der Waals surface area contributed by atoms with Gasteiger partial charge in [-0.2, -0.15) is 0 Å². The Kier molecular flexibility index (Phi) is 8.78. The molecule has 2 amide bonds. The van der Waals surface area contributed by atoms with Crippen molar-refractivity contribution in [3.8, 4) is 0 Å². The molecule has 0 saturated heterocycles. The Morgan fingerprint density at radius 3 is 2.23 bits per heavy atom. The molecule has 0 bridgehead atoms. The highest BCUT2D eigenvalue weighted by Crippen LogP contribution is 2.05. The van der Waals surface area contributed by atoms with E-state index >= 15 is 0 Å². The number of esters is 1. The number of alkyl carbamates (subject to hydrolysis) is 1. The third-order valence-electron chi connectivity index (χ3n) is 3.99. The summed E-state index contributed by atoms with van der Waals surface area (Å²) in [7, 11) is 0. The van der Waals surface area contributed by atoms with E-state index in [-0.39, 0.29) is 30.9 Å². The van der Waals surface area contributed by atoms with Crippen molar-refractivity contribution >= 4 is 23.9 Å². The maximum absolute atomic E-state index is 12.3. The van der Waals surface area contributed by atoms with Crippen LogP contribution in [0.15, 0.2) is 67.3 Å². The fraction of sp³-hybridized carbons (Fsp3) is 0.182. The lowest BCUT2D eigenvalue weighted by Crippen LogP contribution is -2.49. The second-order valence-electron chi connectivity index (χ2n) is 6.27. The average molecular weight is 426 g/mol. The first-order valence-corrected chi connectivity index (χ1v) is 9.27. The molecule has 31 heavy (non-hydrogen) atoms. The standard InChI is InChI=1S/C22H22N2O7/c1-2-12-30-21(28)18(24-22(29)31-14-15-6-4-3-5-7-15)13-23-19(25)16-8-10-17(11-9-16)20(26)27/h2-11,18H,1,12-14H2,(H,23,25)(H,24,29)(H,26,27)/t18-/m0/s1. The molecular formula is C22H22N2O7. The number of rotatable bonds is 10. The van der Waals surface area contributed by atoms with Gasteiger partial charge >= 0.3 is 18.0 Å². The van der Waals surface area contributed by atoms with Gasteiger partial charge in [0.05, 0.1) is 5.56 Å². The molecule has 0 aliphatic rings. The minimum Gasteiger partial charge on any atom is -0.478 e. The molecule has 2 rings (SSSR count). The summed E-state index contributed by atoms with van der Waals surface area (Å²) in [5.74, 6) is -2.45. The number of benzene rings is 2. The number of hydrogen-bond acceptors (Lipinski definition) is 6. The zero-order valence-electron chi connectivity index (χ0n) is 16.6. The Morgan fingerprint density at radius 2 is 1.61 bits per heavy atom. The van der Waals surface area contributed by atoms with E-state index in [0.29, 0.717) is 0 Å². The molecular weight excluding hydrogens is 404 g/mol. The van der Waals surface area contributed by atoms with Crippen LogP contribution in [-0.4, -0.2) is 48.2 Å². The summed E-state index contributed by atoms with van der Waals surface area (Å²) in [4.78, 5) is 47.5. The van der Waals surface area contributed by atoms with Gasteiger partial charge in [-0.1, -0.05) is 43.0 Å². The number of nitrogens with one attached hydrogen (secondary N) is 2. The topological polar surface area (TPSA) is 131 Å². The fourth-order valence-corrected chi connectivity index (χ4v) is 2.40. The van der Waals surface area contributed by atoms with Crippen molar-refractivity contribution < 1.29 is 33.8 Å². The molecule has 1 atom stereocenters. The van der Waals surface area contributed by atoms with Crippen LogP contribution in [0.4, 0.5) is 4.79 Å². The van der Waals surface area contributed by atoms with E-state index in [2.05, 4.69) is 17.2 Å². The van der Waals surface area contributed by atoms with Crippen LogP contribution in [0.25, 0.3) is 0 Å².